The van der Waals surface area contributed by atoms with E-state index in [1.807, 2.05) is 18.2 Å². The molecule has 0 aliphatic rings. The molecule has 29 heavy (non-hydrogen) atoms. The predicted octanol–water partition coefficient (Wildman–Crippen LogP) is 5.87. The minimum atomic E-state index is -0.351. The van der Waals surface area contributed by atoms with Crippen LogP contribution in [0.3, 0.4) is 0 Å². The van der Waals surface area contributed by atoms with E-state index in [4.69, 9.17) is 5.73 Å². The van der Waals surface area contributed by atoms with Gasteiger partial charge in [-0.15, -0.1) is 11.8 Å². The average Bonchev–Trinajstić information content (AvgIpc) is 2.70. The van der Waals surface area contributed by atoms with E-state index >= 15 is 0 Å². The number of halogens is 1. The van der Waals surface area contributed by atoms with Crippen LogP contribution < -0.4 is 21.7 Å². The molecule has 0 heterocycles. The predicted molar refractivity (Wildman–Crippen MR) is 120 cm³/mol. The first-order chi connectivity index (χ1) is 14.0. The average molecular weight is 409 g/mol. The normalized spacial score (nSPS) is 10.2. The Labute approximate surface area is 173 Å². The van der Waals surface area contributed by atoms with Gasteiger partial charge in [0, 0.05) is 17.1 Å². The van der Waals surface area contributed by atoms with Crippen molar-refractivity contribution in [3.63, 3.8) is 0 Å². The lowest BCUT2D eigenvalue weighted by Gasteiger charge is -2.13. The fraction of sp³-hybridized carbons (Fsp3) is 0.0455. The first-order valence-corrected chi connectivity index (χ1v) is 9.84. The molecule has 0 aliphatic carbocycles. The van der Waals surface area contributed by atoms with Crippen LogP contribution in [-0.4, -0.2) is 6.03 Å². The molecule has 3 rings (SSSR count). The summed E-state index contributed by atoms with van der Waals surface area (Å²) < 4.78 is 13.0. The number of thioether (sulfide) groups is 1. The number of benzene rings is 3. The molecular weight excluding hydrogens is 387 g/mol. The lowest BCUT2D eigenvalue weighted by atomic mass is 10.2. The molecule has 0 bridgehead atoms. The van der Waals surface area contributed by atoms with Crippen molar-refractivity contribution in [2.75, 3.05) is 21.7 Å². The van der Waals surface area contributed by atoms with Gasteiger partial charge in [-0.3, -0.25) is 0 Å². The highest BCUT2D eigenvalue weighted by molar-refractivity contribution is 8.02. The summed E-state index contributed by atoms with van der Waals surface area (Å²) in [5.41, 5.74) is 9.54. The van der Waals surface area contributed by atoms with Gasteiger partial charge in [0.25, 0.3) is 0 Å². The smallest absolute Gasteiger partial charge is 0.323 e. The Kier molecular flexibility index (Phi) is 6.76. The molecule has 0 atom stereocenters. The molecule has 3 aromatic carbocycles. The molecule has 7 heteroatoms. The highest BCUT2D eigenvalue weighted by Crippen LogP contribution is 2.28. The Hall–Kier alpha value is -3.45. The van der Waals surface area contributed by atoms with Gasteiger partial charge >= 0.3 is 6.03 Å². The molecule has 0 radical (unpaired) electrons. The zero-order valence-electron chi connectivity index (χ0n) is 15.6. The molecule has 5 nitrogen and oxygen atoms in total. The van der Waals surface area contributed by atoms with Crippen LogP contribution in [0, 0.1) is 5.82 Å². The summed E-state index contributed by atoms with van der Waals surface area (Å²) in [5.74, 6) is 0.403. The lowest BCUT2D eigenvalue weighted by Crippen LogP contribution is -2.19. The topological polar surface area (TPSA) is 79.2 Å². The molecule has 3 aromatic rings. The van der Waals surface area contributed by atoms with Crippen molar-refractivity contribution < 1.29 is 9.18 Å². The number of nitrogens with one attached hydrogen (secondary N) is 3. The fourth-order valence-corrected chi connectivity index (χ4v) is 3.22. The first kappa shape index (κ1) is 20.3. The van der Waals surface area contributed by atoms with E-state index in [1.54, 1.807) is 42.5 Å². The van der Waals surface area contributed by atoms with E-state index in [9.17, 15) is 9.18 Å². The summed E-state index contributed by atoms with van der Waals surface area (Å²) in [6.07, 6.45) is 0. The Balaban J connectivity index is 1.52. The van der Waals surface area contributed by atoms with Crippen molar-refractivity contribution in [1.82, 2.24) is 0 Å². The maximum absolute atomic E-state index is 13.0. The lowest BCUT2D eigenvalue weighted by molar-refractivity contribution is 0.262. The van der Waals surface area contributed by atoms with Gasteiger partial charge in [-0.1, -0.05) is 36.9 Å². The Morgan fingerprint density at radius 2 is 1.62 bits per heavy atom. The van der Waals surface area contributed by atoms with Crippen LogP contribution in [0.4, 0.5) is 31.9 Å². The number of nitrogen functional groups attached to an aromatic ring is 1. The van der Waals surface area contributed by atoms with Gasteiger partial charge in [0.1, 0.15) is 5.82 Å². The summed E-state index contributed by atoms with van der Waals surface area (Å²) in [7, 11) is 0. The highest BCUT2D eigenvalue weighted by Gasteiger charge is 2.07. The number of amides is 2. The minimum absolute atomic E-state index is 0.255. The third kappa shape index (κ3) is 6.29. The minimum Gasteiger partial charge on any atom is -0.397 e. The highest BCUT2D eigenvalue weighted by atomic mass is 32.2. The molecule has 0 fully saturated rings. The van der Waals surface area contributed by atoms with E-state index in [0.29, 0.717) is 33.5 Å². The summed E-state index contributed by atoms with van der Waals surface area (Å²) in [4.78, 5) is 12.1. The fourth-order valence-electron chi connectivity index (χ4n) is 2.51. The van der Waals surface area contributed by atoms with Crippen molar-refractivity contribution in [2.45, 2.75) is 5.75 Å². The van der Waals surface area contributed by atoms with Crippen molar-refractivity contribution in [1.29, 1.82) is 0 Å². The van der Waals surface area contributed by atoms with Crippen LogP contribution in [0.1, 0.15) is 5.56 Å². The van der Waals surface area contributed by atoms with Crippen molar-refractivity contribution >= 4 is 40.5 Å². The number of para-hydroxylation sites is 1. The molecule has 2 amide bonds. The Morgan fingerprint density at radius 3 is 2.31 bits per heavy atom. The molecule has 0 saturated heterocycles. The zero-order valence-corrected chi connectivity index (χ0v) is 16.4. The molecule has 0 unspecified atom stereocenters. The number of nitrogens with two attached hydrogens (primary N) is 1. The number of carbonyl (C=O) groups excluding carboxylic acids is 1. The maximum Gasteiger partial charge on any atom is 0.323 e. The van der Waals surface area contributed by atoms with Crippen molar-refractivity contribution in [2.24, 2.45) is 0 Å². The van der Waals surface area contributed by atoms with E-state index < -0.39 is 0 Å². The number of hydrogen-bond acceptors (Lipinski definition) is 4. The summed E-state index contributed by atoms with van der Waals surface area (Å²) in [6, 6.07) is 20.4. The number of carbonyl (C=O) groups is 1. The van der Waals surface area contributed by atoms with Crippen LogP contribution in [0.25, 0.3) is 0 Å². The van der Waals surface area contributed by atoms with Crippen LogP contribution in [0.5, 0.6) is 0 Å². The van der Waals surface area contributed by atoms with Crippen LogP contribution >= 0.6 is 11.8 Å². The molecule has 0 spiro atoms. The third-order valence-corrected chi connectivity index (χ3v) is 4.87. The monoisotopic (exact) mass is 408 g/mol. The first-order valence-electron chi connectivity index (χ1n) is 8.85. The van der Waals surface area contributed by atoms with Gasteiger partial charge < -0.3 is 21.7 Å². The second-order valence-corrected chi connectivity index (χ2v) is 7.28. The summed E-state index contributed by atoms with van der Waals surface area (Å²) >= 11 is 1.49. The van der Waals surface area contributed by atoms with E-state index in [-0.39, 0.29) is 11.8 Å². The standard InChI is InChI=1S/C22H21FN4OS/c1-15(29-14-16-7-9-17(23)10-8-16)25-21-12-11-19(13-20(21)24)27-22(28)26-18-5-3-2-4-6-18/h2-13,25H,1,14,24H2,(H2,26,27,28). The van der Waals surface area contributed by atoms with Crippen molar-refractivity contribution in [3.8, 4) is 0 Å². The van der Waals surface area contributed by atoms with E-state index in [2.05, 4.69) is 22.5 Å². The Bertz CT molecular complexity index is 993. The molecular formula is C22H21FN4OS. The number of anilines is 4. The second kappa shape index (κ2) is 9.66. The Morgan fingerprint density at radius 1 is 0.931 bits per heavy atom. The largest absolute Gasteiger partial charge is 0.397 e. The van der Waals surface area contributed by atoms with Gasteiger partial charge in [0.2, 0.25) is 0 Å². The van der Waals surface area contributed by atoms with Crippen LogP contribution in [0.15, 0.2) is 84.4 Å². The number of hydrogen-bond donors (Lipinski definition) is 4. The maximum atomic E-state index is 13.0. The zero-order chi connectivity index (χ0) is 20.6. The van der Waals surface area contributed by atoms with Crippen molar-refractivity contribution in [3.05, 3.63) is 95.8 Å². The summed E-state index contributed by atoms with van der Waals surface area (Å²) in [5, 5.41) is 9.36. The van der Waals surface area contributed by atoms with Gasteiger partial charge in [-0.2, -0.15) is 0 Å². The number of urea groups is 1. The van der Waals surface area contributed by atoms with Crippen LogP contribution in [-0.2, 0) is 5.75 Å². The molecule has 148 valence electrons. The van der Waals surface area contributed by atoms with Crippen LogP contribution in [0.2, 0.25) is 0 Å². The van der Waals surface area contributed by atoms with Gasteiger partial charge in [0.15, 0.2) is 0 Å². The quantitative estimate of drug-likeness (QED) is 0.369. The molecule has 5 N–H and O–H groups in total. The van der Waals surface area contributed by atoms with E-state index in [1.165, 1.54) is 23.9 Å². The van der Waals surface area contributed by atoms with E-state index in [0.717, 1.165) is 5.56 Å². The summed E-state index contributed by atoms with van der Waals surface area (Å²) in [6.45, 7) is 3.98. The SMILES string of the molecule is C=C(Nc1ccc(NC(=O)Nc2ccccc2)cc1N)SCc1ccc(F)cc1. The third-order valence-electron chi connectivity index (χ3n) is 3.94. The number of rotatable bonds is 7. The molecule has 0 saturated carbocycles. The molecule has 0 aromatic heterocycles. The molecule has 0 aliphatic heterocycles. The van der Waals surface area contributed by atoms with Gasteiger partial charge in [-0.25, -0.2) is 9.18 Å². The van der Waals surface area contributed by atoms with Gasteiger partial charge in [-0.05, 0) is 48.0 Å². The van der Waals surface area contributed by atoms with Gasteiger partial charge in [0.05, 0.1) is 16.4 Å². The second-order valence-electron chi connectivity index (χ2n) is 6.21.